The van der Waals surface area contributed by atoms with Crippen LogP contribution in [0.1, 0.15) is 11.8 Å². The van der Waals surface area contributed by atoms with Crippen LogP contribution in [0.5, 0.6) is 0 Å². The Labute approximate surface area is 116 Å². The molecule has 0 radical (unpaired) electrons. The Bertz CT molecular complexity index is 472. The second kappa shape index (κ2) is 7.60. The van der Waals surface area contributed by atoms with Gasteiger partial charge < -0.3 is 13.8 Å². The monoisotopic (exact) mass is 304 g/mol. The molecule has 0 saturated heterocycles. The molecular formula is C12H17O5PS. The summed E-state index contributed by atoms with van der Waals surface area (Å²) in [7, 11) is -0.718. The molecule has 0 aromatic carbocycles. The predicted molar refractivity (Wildman–Crippen MR) is 75.4 cm³/mol. The molecule has 1 aromatic rings. The van der Waals surface area contributed by atoms with Crippen molar-refractivity contribution in [2.45, 2.75) is 6.92 Å². The highest BCUT2D eigenvalue weighted by Gasteiger charge is 2.27. The van der Waals surface area contributed by atoms with Crippen LogP contribution in [0.2, 0.25) is 0 Å². The van der Waals surface area contributed by atoms with Crippen LogP contribution in [-0.2, 0) is 23.1 Å². The second-order valence-corrected chi connectivity index (χ2v) is 6.79. The fraction of sp³-hybridized carbons (Fsp3) is 0.417. The normalized spacial score (nSPS) is 12.5. The minimum absolute atomic E-state index is 0.114. The number of hydrogen-bond donors (Lipinski definition) is 0. The van der Waals surface area contributed by atoms with Gasteiger partial charge in [0.15, 0.2) is 0 Å². The van der Waals surface area contributed by atoms with E-state index in [2.05, 4.69) is 0 Å². The fourth-order valence-electron chi connectivity index (χ4n) is 1.35. The SMILES string of the molecule is CCOC(=O)/C(=C/c1cccs1)CP(=O)(OC)OC. The maximum absolute atomic E-state index is 12.1. The first-order valence-electron chi connectivity index (χ1n) is 5.66. The van der Waals surface area contributed by atoms with Crippen molar-refractivity contribution in [3.63, 3.8) is 0 Å². The van der Waals surface area contributed by atoms with Crippen molar-refractivity contribution < 1.29 is 23.1 Å². The molecule has 0 aliphatic heterocycles. The van der Waals surface area contributed by atoms with E-state index in [-0.39, 0.29) is 18.3 Å². The Hall–Kier alpha value is -0.940. The standard InChI is InChI=1S/C12H17O5PS/c1-4-17-12(13)10(8-11-6-5-7-19-11)9-18(14,15-2)16-3/h5-8H,4,9H2,1-3H3/b10-8+. The van der Waals surface area contributed by atoms with Gasteiger partial charge in [0.25, 0.3) is 0 Å². The average Bonchev–Trinajstić information content (AvgIpc) is 2.91. The second-order valence-electron chi connectivity index (χ2n) is 3.54. The molecule has 0 bridgehead atoms. The van der Waals surface area contributed by atoms with Gasteiger partial charge in [-0.3, -0.25) is 4.57 Å². The molecule has 0 unspecified atom stereocenters. The molecule has 1 aromatic heterocycles. The van der Waals surface area contributed by atoms with Crippen LogP contribution in [0.25, 0.3) is 6.08 Å². The lowest BCUT2D eigenvalue weighted by molar-refractivity contribution is -0.138. The van der Waals surface area contributed by atoms with Gasteiger partial charge in [0, 0.05) is 19.1 Å². The maximum Gasteiger partial charge on any atom is 0.334 e. The Balaban J connectivity index is 3.00. The van der Waals surface area contributed by atoms with E-state index in [0.29, 0.717) is 0 Å². The highest BCUT2D eigenvalue weighted by Crippen LogP contribution is 2.48. The van der Waals surface area contributed by atoms with Crippen molar-refractivity contribution in [3.8, 4) is 0 Å². The van der Waals surface area contributed by atoms with E-state index in [1.54, 1.807) is 13.0 Å². The largest absolute Gasteiger partial charge is 0.463 e. The number of carbonyl (C=O) groups is 1. The zero-order valence-electron chi connectivity index (χ0n) is 11.1. The molecule has 0 aliphatic carbocycles. The first kappa shape index (κ1) is 16.1. The summed E-state index contributed by atoms with van der Waals surface area (Å²) in [5.41, 5.74) is 0.274. The molecule has 5 nitrogen and oxygen atoms in total. The van der Waals surface area contributed by atoms with E-state index in [9.17, 15) is 9.36 Å². The van der Waals surface area contributed by atoms with Gasteiger partial charge in [-0.05, 0) is 24.4 Å². The summed E-state index contributed by atoms with van der Waals surface area (Å²) in [6.07, 6.45) is 1.53. The number of ether oxygens (including phenoxy) is 1. The Morgan fingerprint density at radius 2 is 2.11 bits per heavy atom. The van der Waals surface area contributed by atoms with Gasteiger partial charge in [0.2, 0.25) is 0 Å². The van der Waals surface area contributed by atoms with Crippen molar-refractivity contribution in [1.29, 1.82) is 0 Å². The quantitative estimate of drug-likeness (QED) is 0.440. The van der Waals surface area contributed by atoms with Gasteiger partial charge in [-0.2, -0.15) is 0 Å². The smallest absolute Gasteiger partial charge is 0.334 e. The van der Waals surface area contributed by atoms with Crippen LogP contribution in [0, 0.1) is 0 Å². The summed E-state index contributed by atoms with van der Waals surface area (Å²) in [6.45, 7) is 1.97. The summed E-state index contributed by atoms with van der Waals surface area (Å²) in [5, 5.41) is 1.89. The lowest BCUT2D eigenvalue weighted by Crippen LogP contribution is -2.12. The van der Waals surface area contributed by atoms with Crippen LogP contribution >= 0.6 is 18.9 Å². The highest BCUT2D eigenvalue weighted by molar-refractivity contribution is 7.54. The lowest BCUT2D eigenvalue weighted by atomic mass is 10.2. The molecule has 19 heavy (non-hydrogen) atoms. The molecule has 0 fully saturated rings. The Morgan fingerprint density at radius 3 is 2.58 bits per heavy atom. The van der Waals surface area contributed by atoms with Crippen LogP contribution in [0.3, 0.4) is 0 Å². The number of hydrogen-bond acceptors (Lipinski definition) is 6. The van der Waals surface area contributed by atoms with E-state index >= 15 is 0 Å². The predicted octanol–water partition coefficient (Wildman–Crippen LogP) is 3.18. The van der Waals surface area contributed by atoms with Gasteiger partial charge >= 0.3 is 13.6 Å². The first-order chi connectivity index (χ1) is 9.04. The highest BCUT2D eigenvalue weighted by atomic mass is 32.1. The van der Waals surface area contributed by atoms with Gasteiger partial charge in [0.05, 0.1) is 18.3 Å². The fourth-order valence-corrected chi connectivity index (χ4v) is 3.08. The summed E-state index contributed by atoms with van der Waals surface area (Å²) in [5.74, 6) is -0.509. The zero-order chi connectivity index (χ0) is 14.3. The molecule has 0 aliphatic rings. The summed E-state index contributed by atoms with van der Waals surface area (Å²) >= 11 is 1.47. The third-order valence-corrected chi connectivity index (χ3v) is 4.98. The third-order valence-electron chi connectivity index (χ3n) is 2.32. The van der Waals surface area contributed by atoms with Crippen molar-refractivity contribution in [3.05, 3.63) is 28.0 Å². The maximum atomic E-state index is 12.1. The molecule has 1 rings (SSSR count). The molecule has 0 atom stereocenters. The minimum Gasteiger partial charge on any atom is -0.463 e. The van der Waals surface area contributed by atoms with Crippen LogP contribution in [-0.4, -0.2) is 33.0 Å². The summed E-state index contributed by atoms with van der Waals surface area (Å²) in [6, 6.07) is 3.72. The van der Waals surface area contributed by atoms with Crippen LogP contribution in [0.4, 0.5) is 0 Å². The molecule has 106 valence electrons. The van der Waals surface area contributed by atoms with E-state index in [4.69, 9.17) is 13.8 Å². The number of carbonyl (C=O) groups excluding carboxylic acids is 1. The van der Waals surface area contributed by atoms with Gasteiger partial charge in [-0.25, -0.2) is 4.79 Å². The number of thiophene rings is 1. The van der Waals surface area contributed by atoms with Gasteiger partial charge in [-0.1, -0.05) is 6.07 Å². The van der Waals surface area contributed by atoms with Crippen molar-refractivity contribution in [2.75, 3.05) is 27.0 Å². The Kier molecular flexibility index (Phi) is 6.45. The van der Waals surface area contributed by atoms with E-state index in [1.807, 2.05) is 17.5 Å². The Morgan fingerprint density at radius 1 is 1.42 bits per heavy atom. The lowest BCUT2D eigenvalue weighted by Gasteiger charge is -2.14. The molecule has 7 heteroatoms. The van der Waals surface area contributed by atoms with Gasteiger partial charge in [-0.15, -0.1) is 11.3 Å². The molecule has 1 heterocycles. The van der Waals surface area contributed by atoms with E-state index < -0.39 is 13.6 Å². The molecule has 0 amide bonds. The number of esters is 1. The average molecular weight is 304 g/mol. The minimum atomic E-state index is -3.30. The zero-order valence-corrected chi connectivity index (χ0v) is 12.8. The molecule has 0 spiro atoms. The van der Waals surface area contributed by atoms with Crippen molar-refractivity contribution in [1.82, 2.24) is 0 Å². The number of rotatable bonds is 7. The van der Waals surface area contributed by atoms with Gasteiger partial charge in [0.1, 0.15) is 0 Å². The third kappa shape index (κ3) is 4.91. The molecule has 0 N–H and O–H groups in total. The molecule has 0 saturated carbocycles. The summed E-state index contributed by atoms with van der Waals surface area (Å²) in [4.78, 5) is 12.7. The topological polar surface area (TPSA) is 61.8 Å². The van der Waals surface area contributed by atoms with E-state index in [0.717, 1.165) is 4.88 Å². The van der Waals surface area contributed by atoms with Crippen molar-refractivity contribution in [2.24, 2.45) is 0 Å². The molecular weight excluding hydrogens is 287 g/mol. The first-order valence-corrected chi connectivity index (χ1v) is 8.27. The summed E-state index contributed by atoms with van der Waals surface area (Å²) < 4.78 is 26.8. The van der Waals surface area contributed by atoms with Crippen molar-refractivity contribution >= 4 is 31.0 Å². The van der Waals surface area contributed by atoms with Crippen LogP contribution in [0.15, 0.2) is 23.1 Å². The van der Waals surface area contributed by atoms with Crippen LogP contribution < -0.4 is 0 Å². The van der Waals surface area contributed by atoms with E-state index in [1.165, 1.54) is 25.6 Å².